The predicted octanol–water partition coefficient (Wildman–Crippen LogP) is 2.71. The summed E-state index contributed by atoms with van der Waals surface area (Å²) < 4.78 is 10.4. The van der Waals surface area contributed by atoms with Crippen molar-refractivity contribution in [1.29, 1.82) is 0 Å². The number of halogens is 1. The smallest absolute Gasteiger partial charge is 0.316 e. The van der Waals surface area contributed by atoms with E-state index in [1.54, 1.807) is 0 Å². The lowest BCUT2D eigenvalue weighted by Crippen LogP contribution is -2.21. The van der Waals surface area contributed by atoms with Crippen LogP contribution in [0.4, 0.5) is 5.82 Å². The Labute approximate surface area is 133 Å². The number of benzene rings is 1. The molecule has 0 spiro atoms. The number of thioether (sulfide) groups is 1. The molecule has 0 saturated carbocycles. The first-order valence-corrected chi connectivity index (χ1v) is 7.65. The highest BCUT2D eigenvalue weighted by molar-refractivity contribution is 9.10. The number of carbonyl (C=O) groups is 2. The lowest BCUT2D eigenvalue weighted by atomic mass is 10.4. The second-order valence-electron chi connectivity index (χ2n) is 3.84. The number of amides is 1. The molecule has 0 radical (unpaired) electrons. The summed E-state index contributed by atoms with van der Waals surface area (Å²) in [7, 11) is 0. The molecule has 2 rings (SSSR count). The fourth-order valence-electron chi connectivity index (χ4n) is 1.32. The van der Waals surface area contributed by atoms with Gasteiger partial charge in [0.1, 0.15) is 6.26 Å². The summed E-state index contributed by atoms with van der Waals surface area (Å²) in [5, 5.41) is 5.94. The van der Waals surface area contributed by atoms with Crippen LogP contribution in [0.1, 0.15) is 0 Å². The maximum absolute atomic E-state index is 11.5. The minimum absolute atomic E-state index is 0.138. The van der Waals surface area contributed by atoms with Crippen molar-refractivity contribution in [2.45, 2.75) is 4.90 Å². The van der Waals surface area contributed by atoms with Gasteiger partial charge in [-0.2, -0.15) is 0 Å². The number of anilines is 1. The SMILES string of the molecule is O=C(COC(=O)CSc1ccc(Br)cc1)Nc1ccon1. The van der Waals surface area contributed by atoms with Crippen LogP contribution in [-0.2, 0) is 14.3 Å². The van der Waals surface area contributed by atoms with E-state index in [1.165, 1.54) is 24.1 Å². The van der Waals surface area contributed by atoms with Crippen molar-refractivity contribution in [3.8, 4) is 0 Å². The molecular formula is C13H11BrN2O4S. The number of rotatable bonds is 6. The maximum atomic E-state index is 11.5. The van der Waals surface area contributed by atoms with Crippen molar-refractivity contribution < 1.29 is 18.8 Å². The fraction of sp³-hybridized carbons (Fsp3) is 0.154. The molecule has 2 aromatic rings. The predicted molar refractivity (Wildman–Crippen MR) is 81.0 cm³/mol. The molecule has 0 fully saturated rings. The van der Waals surface area contributed by atoms with E-state index in [0.29, 0.717) is 0 Å². The van der Waals surface area contributed by atoms with Crippen LogP contribution in [0.2, 0.25) is 0 Å². The van der Waals surface area contributed by atoms with Gasteiger partial charge in [0.05, 0.1) is 5.75 Å². The first kappa shape index (κ1) is 15.6. The third-order valence-electron chi connectivity index (χ3n) is 2.24. The quantitative estimate of drug-likeness (QED) is 0.621. The molecule has 0 aliphatic heterocycles. The van der Waals surface area contributed by atoms with Crippen LogP contribution in [0.3, 0.4) is 0 Å². The summed E-state index contributed by atoms with van der Waals surface area (Å²) in [6.45, 7) is -0.355. The van der Waals surface area contributed by atoms with Gasteiger partial charge in [-0.3, -0.25) is 9.59 Å². The van der Waals surface area contributed by atoms with Crippen LogP contribution < -0.4 is 5.32 Å². The second-order valence-corrected chi connectivity index (χ2v) is 5.80. The molecule has 1 amide bonds. The third-order valence-corrected chi connectivity index (χ3v) is 3.75. The summed E-state index contributed by atoms with van der Waals surface area (Å²) in [6, 6.07) is 9.04. The van der Waals surface area contributed by atoms with Gasteiger partial charge in [-0.05, 0) is 24.3 Å². The number of esters is 1. The summed E-state index contributed by atoms with van der Waals surface area (Å²) in [5.74, 6) is -0.511. The van der Waals surface area contributed by atoms with E-state index < -0.39 is 11.9 Å². The van der Waals surface area contributed by atoms with Gasteiger partial charge in [-0.25, -0.2) is 0 Å². The molecule has 8 heteroatoms. The number of ether oxygens (including phenoxy) is 1. The Morgan fingerprint density at radius 3 is 2.71 bits per heavy atom. The Morgan fingerprint density at radius 1 is 1.29 bits per heavy atom. The van der Waals surface area contributed by atoms with Crippen molar-refractivity contribution >= 4 is 45.4 Å². The molecule has 0 unspecified atom stereocenters. The minimum atomic E-state index is -0.467. The zero-order valence-corrected chi connectivity index (χ0v) is 13.1. The molecule has 1 heterocycles. The van der Waals surface area contributed by atoms with Gasteiger partial charge >= 0.3 is 5.97 Å². The summed E-state index contributed by atoms with van der Waals surface area (Å²) in [6.07, 6.45) is 1.33. The first-order valence-electron chi connectivity index (χ1n) is 5.88. The van der Waals surface area contributed by atoms with E-state index in [9.17, 15) is 9.59 Å². The lowest BCUT2D eigenvalue weighted by Gasteiger charge is -2.04. The standard InChI is InChI=1S/C13H11BrN2O4S/c14-9-1-3-10(4-2-9)21-8-13(18)19-7-12(17)15-11-5-6-20-16-11/h1-6H,7-8H2,(H,15,16,17). The molecule has 0 saturated heterocycles. The number of nitrogens with one attached hydrogen (secondary N) is 1. The van der Waals surface area contributed by atoms with Crippen molar-refractivity contribution in [3.05, 3.63) is 41.1 Å². The summed E-state index contributed by atoms with van der Waals surface area (Å²) in [4.78, 5) is 23.9. The highest BCUT2D eigenvalue weighted by Gasteiger charge is 2.09. The van der Waals surface area contributed by atoms with Crippen LogP contribution in [0.5, 0.6) is 0 Å². The van der Waals surface area contributed by atoms with Crippen LogP contribution in [0.15, 0.2) is 50.5 Å². The van der Waals surface area contributed by atoms with E-state index in [0.717, 1.165) is 9.37 Å². The Hall–Kier alpha value is -1.80. The van der Waals surface area contributed by atoms with Gasteiger partial charge in [-0.15, -0.1) is 11.8 Å². The molecule has 0 atom stereocenters. The number of hydrogen-bond acceptors (Lipinski definition) is 6. The molecule has 1 aromatic carbocycles. The summed E-state index contributed by atoms with van der Waals surface area (Å²) in [5.41, 5.74) is 0. The Morgan fingerprint density at radius 2 is 2.05 bits per heavy atom. The zero-order valence-electron chi connectivity index (χ0n) is 10.7. The highest BCUT2D eigenvalue weighted by atomic mass is 79.9. The van der Waals surface area contributed by atoms with Crippen LogP contribution >= 0.6 is 27.7 Å². The molecule has 1 aromatic heterocycles. The van der Waals surface area contributed by atoms with Gasteiger partial charge in [-0.1, -0.05) is 21.1 Å². The van der Waals surface area contributed by atoms with Gasteiger partial charge in [0, 0.05) is 15.4 Å². The first-order chi connectivity index (χ1) is 10.1. The Bertz CT molecular complexity index is 601. The molecule has 0 aliphatic carbocycles. The average molecular weight is 371 g/mol. The van der Waals surface area contributed by atoms with Crippen LogP contribution in [0.25, 0.3) is 0 Å². The highest BCUT2D eigenvalue weighted by Crippen LogP contribution is 2.20. The molecule has 1 N–H and O–H groups in total. The maximum Gasteiger partial charge on any atom is 0.316 e. The number of nitrogens with zero attached hydrogens (tertiary/aromatic N) is 1. The van der Waals surface area contributed by atoms with Crippen molar-refractivity contribution in [3.63, 3.8) is 0 Å². The van der Waals surface area contributed by atoms with Crippen molar-refractivity contribution in [1.82, 2.24) is 5.16 Å². The minimum Gasteiger partial charge on any atom is -0.455 e. The topological polar surface area (TPSA) is 81.4 Å². The Kier molecular flexibility index (Phi) is 5.82. The van der Waals surface area contributed by atoms with E-state index >= 15 is 0 Å². The van der Waals surface area contributed by atoms with Crippen molar-refractivity contribution in [2.75, 3.05) is 17.7 Å². The number of carbonyl (C=O) groups excluding carboxylic acids is 2. The van der Waals surface area contributed by atoms with Gasteiger partial charge in [0.25, 0.3) is 5.91 Å². The molecule has 21 heavy (non-hydrogen) atoms. The van der Waals surface area contributed by atoms with Crippen molar-refractivity contribution in [2.24, 2.45) is 0 Å². The monoisotopic (exact) mass is 370 g/mol. The van der Waals surface area contributed by atoms with E-state index in [4.69, 9.17) is 4.74 Å². The van der Waals surface area contributed by atoms with E-state index in [1.807, 2.05) is 24.3 Å². The zero-order chi connectivity index (χ0) is 15.1. The molecule has 0 aliphatic rings. The normalized spacial score (nSPS) is 10.1. The van der Waals surface area contributed by atoms with Gasteiger partial charge < -0.3 is 14.6 Å². The summed E-state index contributed by atoms with van der Waals surface area (Å²) >= 11 is 4.67. The van der Waals surface area contributed by atoms with E-state index in [-0.39, 0.29) is 18.2 Å². The van der Waals surface area contributed by atoms with Gasteiger partial charge in [0.15, 0.2) is 12.4 Å². The number of hydrogen-bond donors (Lipinski definition) is 1. The molecule has 0 bridgehead atoms. The van der Waals surface area contributed by atoms with Gasteiger partial charge in [0.2, 0.25) is 0 Å². The molecule has 110 valence electrons. The Balaban J connectivity index is 1.67. The largest absolute Gasteiger partial charge is 0.455 e. The van der Waals surface area contributed by atoms with Crippen LogP contribution in [-0.4, -0.2) is 29.4 Å². The van der Waals surface area contributed by atoms with E-state index in [2.05, 4.69) is 30.9 Å². The third kappa shape index (κ3) is 5.60. The average Bonchev–Trinajstić information content (AvgIpc) is 2.97. The lowest BCUT2D eigenvalue weighted by molar-refractivity contribution is -0.144. The van der Waals surface area contributed by atoms with Crippen LogP contribution in [0, 0.1) is 0 Å². The fourth-order valence-corrected chi connectivity index (χ4v) is 2.28. The second kappa shape index (κ2) is 7.84. The number of aromatic nitrogens is 1. The molecule has 6 nitrogen and oxygen atoms in total. The molecular weight excluding hydrogens is 360 g/mol.